The first kappa shape index (κ1) is 29.5. The lowest BCUT2D eigenvalue weighted by atomic mass is 9.43. The quantitative estimate of drug-likeness (QED) is 0.275. The van der Waals surface area contributed by atoms with Crippen molar-refractivity contribution in [3.63, 3.8) is 0 Å². The van der Waals surface area contributed by atoms with Gasteiger partial charge in [-0.1, -0.05) is 20.8 Å². The summed E-state index contributed by atoms with van der Waals surface area (Å²) in [4.78, 5) is 31.6. The number of aliphatic hydroxyl groups excluding tert-OH is 3. The number of hydrogen-bond acceptors (Lipinski definition) is 6. The molecule has 4 fully saturated rings. The molecule has 1 heterocycles. The lowest BCUT2D eigenvalue weighted by Gasteiger charge is -2.63. The molecule has 6 N–H and O–H groups in total. The number of rotatable bonds is 9. The minimum Gasteiger partial charge on any atom is -0.393 e. The first-order valence-electron chi connectivity index (χ1n) is 15.6. The van der Waals surface area contributed by atoms with E-state index in [2.05, 4.69) is 41.4 Å². The third-order valence-corrected chi connectivity index (χ3v) is 12.1. The normalized spacial score (nSPS) is 41.4. The molecule has 224 valence electrons. The Hall–Kier alpha value is -1.97. The first-order chi connectivity index (χ1) is 19.0. The number of aliphatic hydroxyl groups is 3. The molecule has 0 spiro atoms. The summed E-state index contributed by atoms with van der Waals surface area (Å²) in [6, 6.07) is 0. The maximum absolute atomic E-state index is 12.6. The molecule has 9 nitrogen and oxygen atoms in total. The van der Waals surface area contributed by atoms with Crippen LogP contribution in [-0.2, 0) is 16.0 Å². The van der Waals surface area contributed by atoms with Crippen LogP contribution in [0.1, 0.15) is 84.3 Å². The molecule has 9 heteroatoms. The molecule has 0 aromatic carbocycles. The fraction of sp³-hybridized carbons (Fsp3) is 0.839. The Morgan fingerprint density at radius 2 is 1.88 bits per heavy atom. The summed E-state index contributed by atoms with van der Waals surface area (Å²) in [6.45, 7) is 7.25. The molecule has 4 aliphatic rings. The zero-order valence-corrected chi connectivity index (χ0v) is 24.4. The van der Waals surface area contributed by atoms with Crippen molar-refractivity contribution in [1.29, 1.82) is 0 Å². The number of hydrogen-bond donors (Lipinski definition) is 6. The van der Waals surface area contributed by atoms with E-state index < -0.39 is 6.10 Å². The van der Waals surface area contributed by atoms with Crippen LogP contribution >= 0.6 is 0 Å². The number of aromatic amines is 1. The summed E-state index contributed by atoms with van der Waals surface area (Å²) in [5, 5.41) is 39.1. The lowest BCUT2D eigenvalue weighted by molar-refractivity contribution is -0.207. The summed E-state index contributed by atoms with van der Waals surface area (Å²) in [6.07, 6.45) is 10.0. The fourth-order valence-electron chi connectivity index (χ4n) is 9.78. The van der Waals surface area contributed by atoms with Crippen LogP contribution in [0.2, 0.25) is 0 Å². The van der Waals surface area contributed by atoms with Crippen molar-refractivity contribution in [2.45, 2.75) is 103 Å². The maximum Gasteiger partial charge on any atom is 0.239 e. The highest BCUT2D eigenvalue weighted by Crippen LogP contribution is 2.68. The maximum atomic E-state index is 12.6. The van der Waals surface area contributed by atoms with Crippen LogP contribution in [0.5, 0.6) is 0 Å². The molecule has 0 aliphatic heterocycles. The number of carbonyl (C=O) groups is 2. The van der Waals surface area contributed by atoms with Gasteiger partial charge in [0.15, 0.2) is 0 Å². The minimum atomic E-state index is -0.428. The van der Waals surface area contributed by atoms with Crippen LogP contribution in [0.3, 0.4) is 0 Å². The molecule has 4 saturated carbocycles. The predicted molar refractivity (Wildman–Crippen MR) is 151 cm³/mol. The number of carbonyl (C=O) groups excluding carboxylic acids is 2. The van der Waals surface area contributed by atoms with E-state index in [1.165, 1.54) is 0 Å². The summed E-state index contributed by atoms with van der Waals surface area (Å²) in [7, 11) is 0. The highest BCUT2D eigenvalue weighted by Gasteiger charge is 2.65. The zero-order valence-electron chi connectivity index (χ0n) is 24.4. The summed E-state index contributed by atoms with van der Waals surface area (Å²) < 4.78 is 0. The van der Waals surface area contributed by atoms with E-state index in [0.29, 0.717) is 31.7 Å². The van der Waals surface area contributed by atoms with Gasteiger partial charge in [0, 0.05) is 31.3 Å². The molecule has 40 heavy (non-hydrogen) atoms. The molecule has 0 saturated heterocycles. The van der Waals surface area contributed by atoms with E-state index >= 15 is 0 Å². The number of aromatic nitrogens is 2. The smallest absolute Gasteiger partial charge is 0.239 e. The van der Waals surface area contributed by atoms with Crippen LogP contribution in [0.15, 0.2) is 12.5 Å². The first-order valence-corrected chi connectivity index (χ1v) is 15.6. The van der Waals surface area contributed by atoms with Gasteiger partial charge in [0.2, 0.25) is 11.8 Å². The molecule has 4 aliphatic carbocycles. The van der Waals surface area contributed by atoms with Gasteiger partial charge in [0.05, 0.1) is 31.2 Å². The van der Waals surface area contributed by atoms with Gasteiger partial charge in [-0.05, 0) is 97.7 Å². The molecule has 1 aromatic heterocycles. The highest BCUT2D eigenvalue weighted by atomic mass is 16.3. The second kappa shape index (κ2) is 11.7. The molecular weight excluding hydrogens is 508 g/mol. The molecule has 5 rings (SSSR count). The average Bonchev–Trinajstić information content (AvgIpc) is 3.56. The standard InChI is InChI=1S/C31H50N4O5/c1-18(4-7-27(39)34-16-28(40)33-11-9-20-15-32-17-35-20)22-5-6-23-29-24(14-26(38)31(22,23)3)30(2)10-8-21(36)12-19(30)13-25(29)37/h15,17-19,21-26,29,36-38H,4-14,16H2,1-3H3,(H,32,35)(H,33,40)(H,34,39)/t18-,19+,21-,22-,23+,24+,25-,26+,29+,30+,31-/m1/s1. The number of amides is 2. The topological polar surface area (TPSA) is 148 Å². The Labute approximate surface area is 238 Å². The Morgan fingerprint density at radius 1 is 1.07 bits per heavy atom. The molecule has 11 atom stereocenters. The van der Waals surface area contributed by atoms with E-state index in [1.54, 1.807) is 12.5 Å². The number of fused-ring (bicyclic) bond motifs is 5. The molecule has 2 amide bonds. The summed E-state index contributed by atoms with van der Waals surface area (Å²) in [5.74, 6) is 1.28. The van der Waals surface area contributed by atoms with E-state index in [-0.39, 0.29) is 71.0 Å². The molecule has 0 unspecified atom stereocenters. The molecule has 0 bridgehead atoms. The van der Waals surface area contributed by atoms with Gasteiger partial charge >= 0.3 is 0 Å². The van der Waals surface area contributed by atoms with Crippen molar-refractivity contribution in [3.05, 3.63) is 18.2 Å². The molecule has 1 aromatic rings. The summed E-state index contributed by atoms with van der Waals surface area (Å²) >= 11 is 0. The van der Waals surface area contributed by atoms with E-state index in [0.717, 1.165) is 50.6 Å². The van der Waals surface area contributed by atoms with E-state index in [4.69, 9.17) is 0 Å². The Morgan fingerprint density at radius 3 is 2.62 bits per heavy atom. The van der Waals surface area contributed by atoms with Gasteiger partial charge in [-0.2, -0.15) is 0 Å². The minimum absolute atomic E-state index is 0.0319. The molecule has 0 radical (unpaired) electrons. The summed E-state index contributed by atoms with van der Waals surface area (Å²) in [5.41, 5.74) is 0.743. The van der Waals surface area contributed by atoms with Gasteiger partial charge in [-0.15, -0.1) is 0 Å². The van der Waals surface area contributed by atoms with Crippen molar-refractivity contribution in [3.8, 4) is 0 Å². The van der Waals surface area contributed by atoms with Crippen molar-refractivity contribution in [2.24, 2.45) is 46.3 Å². The largest absolute Gasteiger partial charge is 0.393 e. The van der Waals surface area contributed by atoms with Crippen molar-refractivity contribution in [1.82, 2.24) is 20.6 Å². The van der Waals surface area contributed by atoms with Crippen LogP contribution in [0, 0.1) is 46.3 Å². The van der Waals surface area contributed by atoms with Crippen LogP contribution in [0.4, 0.5) is 0 Å². The van der Waals surface area contributed by atoms with Gasteiger partial charge < -0.3 is 30.9 Å². The second-order valence-electron chi connectivity index (χ2n) is 14.0. The van der Waals surface area contributed by atoms with Gasteiger partial charge in [0.1, 0.15) is 0 Å². The lowest BCUT2D eigenvalue weighted by Crippen LogP contribution is -2.62. The van der Waals surface area contributed by atoms with E-state index in [9.17, 15) is 24.9 Å². The SMILES string of the molecule is C[C@H](CCC(=O)NCC(=O)NCCc1cnc[nH]1)[C@H]1CC[C@H]2[C@@H]3[C@H](O)C[C@@H]4C[C@H](O)CC[C@]4(C)[C@H]3C[C@H](O)[C@]12C. The van der Waals surface area contributed by atoms with Gasteiger partial charge in [0.25, 0.3) is 0 Å². The molecular formula is C31H50N4O5. The van der Waals surface area contributed by atoms with Gasteiger partial charge in [-0.3, -0.25) is 9.59 Å². The number of H-pyrrole nitrogens is 1. The van der Waals surface area contributed by atoms with Crippen LogP contribution in [0.25, 0.3) is 0 Å². The monoisotopic (exact) mass is 558 g/mol. The Bertz CT molecular complexity index is 1030. The van der Waals surface area contributed by atoms with E-state index in [1.807, 2.05) is 0 Å². The fourth-order valence-corrected chi connectivity index (χ4v) is 9.78. The van der Waals surface area contributed by atoms with Crippen molar-refractivity contribution >= 4 is 11.8 Å². The number of imidazole rings is 1. The second-order valence-corrected chi connectivity index (χ2v) is 14.0. The highest BCUT2D eigenvalue weighted by molar-refractivity contribution is 5.84. The van der Waals surface area contributed by atoms with Crippen molar-refractivity contribution < 1.29 is 24.9 Å². The number of nitrogens with one attached hydrogen (secondary N) is 3. The number of nitrogens with zero attached hydrogens (tertiary/aromatic N) is 1. The third kappa shape index (κ3) is 5.45. The predicted octanol–water partition coefficient (Wildman–Crippen LogP) is 2.56. The van der Waals surface area contributed by atoms with Crippen LogP contribution in [-0.4, -0.2) is 68.5 Å². The van der Waals surface area contributed by atoms with Crippen molar-refractivity contribution in [2.75, 3.05) is 13.1 Å². The third-order valence-electron chi connectivity index (χ3n) is 12.1. The van der Waals surface area contributed by atoms with Gasteiger partial charge in [-0.25, -0.2) is 4.98 Å². The Balaban J connectivity index is 1.14. The Kier molecular flexibility index (Phi) is 8.65. The van der Waals surface area contributed by atoms with Crippen LogP contribution < -0.4 is 10.6 Å². The zero-order chi connectivity index (χ0) is 28.7. The average molecular weight is 559 g/mol.